The molecular formula is C22H19N5O4S. The van der Waals surface area contributed by atoms with E-state index < -0.39 is 16.0 Å². The molecular weight excluding hydrogens is 430 g/mol. The van der Waals surface area contributed by atoms with E-state index in [1.54, 1.807) is 24.3 Å². The minimum atomic E-state index is -3.79. The zero-order valence-electron chi connectivity index (χ0n) is 16.7. The predicted molar refractivity (Wildman–Crippen MR) is 119 cm³/mol. The number of carboxylic acid groups (broad SMARTS) is 1. The Labute approximate surface area is 184 Å². The van der Waals surface area contributed by atoms with Crippen LogP contribution in [0, 0.1) is 0 Å². The van der Waals surface area contributed by atoms with E-state index in [0.29, 0.717) is 23.5 Å². The van der Waals surface area contributed by atoms with Crippen molar-refractivity contribution in [2.24, 2.45) is 5.14 Å². The van der Waals surface area contributed by atoms with Gasteiger partial charge in [-0.15, -0.1) is 0 Å². The standard InChI is InChI=1S/C22H19N5O4S/c23-21-17(13-14-9-11-16(12-10-14)32(24,30)31)20(15-5-2-1-3-6-15)26-27(21)19-8-4-7-18(25-19)22(28)29/h1-12H,13,23H2,(H,28,29)(H2,24,30,31). The first kappa shape index (κ1) is 21.2. The van der Waals surface area contributed by atoms with Gasteiger partial charge in [-0.1, -0.05) is 48.5 Å². The highest BCUT2D eigenvalue weighted by Gasteiger charge is 2.20. The molecule has 0 saturated carbocycles. The first-order valence-electron chi connectivity index (χ1n) is 9.49. The van der Waals surface area contributed by atoms with Gasteiger partial charge in [0.2, 0.25) is 10.0 Å². The number of carboxylic acids is 1. The highest BCUT2D eigenvalue weighted by Crippen LogP contribution is 2.31. The number of rotatable bonds is 6. The van der Waals surface area contributed by atoms with E-state index in [1.165, 1.54) is 22.9 Å². The van der Waals surface area contributed by atoms with Crippen molar-refractivity contribution < 1.29 is 18.3 Å². The molecule has 2 aromatic heterocycles. The number of anilines is 1. The van der Waals surface area contributed by atoms with Crippen molar-refractivity contribution in [1.82, 2.24) is 14.8 Å². The maximum Gasteiger partial charge on any atom is 0.354 e. The predicted octanol–water partition coefficient (Wildman–Crippen LogP) is 2.45. The number of sulfonamides is 1. The van der Waals surface area contributed by atoms with Crippen LogP contribution in [0.3, 0.4) is 0 Å². The summed E-state index contributed by atoms with van der Waals surface area (Å²) in [6.45, 7) is 0. The zero-order valence-corrected chi connectivity index (χ0v) is 17.5. The number of pyridine rings is 1. The Hall–Kier alpha value is -4.02. The van der Waals surface area contributed by atoms with E-state index in [2.05, 4.69) is 10.1 Å². The van der Waals surface area contributed by atoms with Crippen LogP contribution in [0.4, 0.5) is 5.82 Å². The zero-order chi connectivity index (χ0) is 22.9. The van der Waals surface area contributed by atoms with Crippen LogP contribution in [0.2, 0.25) is 0 Å². The minimum absolute atomic E-state index is 0.0166. The Morgan fingerprint density at radius 1 is 0.969 bits per heavy atom. The third kappa shape index (κ3) is 4.22. The number of aromatic carboxylic acids is 1. The average Bonchev–Trinajstić information content (AvgIpc) is 3.10. The van der Waals surface area contributed by atoms with Crippen molar-refractivity contribution in [3.8, 4) is 17.1 Å². The maximum atomic E-state index is 11.5. The summed E-state index contributed by atoms with van der Waals surface area (Å²) in [6, 6.07) is 20.2. The maximum absolute atomic E-state index is 11.5. The second-order valence-corrected chi connectivity index (χ2v) is 8.60. The monoisotopic (exact) mass is 449 g/mol. The molecule has 9 nitrogen and oxygen atoms in total. The molecule has 0 amide bonds. The lowest BCUT2D eigenvalue weighted by Crippen LogP contribution is -2.12. The molecule has 162 valence electrons. The van der Waals surface area contributed by atoms with Crippen LogP contribution >= 0.6 is 0 Å². The summed E-state index contributed by atoms with van der Waals surface area (Å²) in [5.74, 6) is -0.583. The van der Waals surface area contributed by atoms with Gasteiger partial charge in [0.1, 0.15) is 5.82 Å². The van der Waals surface area contributed by atoms with Crippen LogP contribution in [0.25, 0.3) is 17.1 Å². The van der Waals surface area contributed by atoms with Gasteiger partial charge in [-0.05, 0) is 29.8 Å². The molecule has 0 radical (unpaired) electrons. The number of nitrogen functional groups attached to an aromatic ring is 1. The smallest absolute Gasteiger partial charge is 0.354 e. The Balaban J connectivity index is 1.82. The second kappa shape index (κ2) is 8.25. The van der Waals surface area contributed by atoms with Crippen LogP contribution in [0.5, 0.6) is 0 Å². The normalized spacial score (nSPS) is 11.4. The highest BCUT2D eigenvalue weighted by molar-refractivity contribution is 7.89. The number of carbonyl (C=O) groups is 1. The Morgan fingerprint density at radius 3 is 2.28 bits per heavy atom. The number of primary sulfonamides is 1. The Kier molecular flexibility index (Phi) is 5.47. The fourth-order valence-corrected chi connectivity index (χ4v) is 3.82. The van der Waals surface area contributed by atoms with Crippen LogP contribution in [0.15, 0.2) is 77.7 Å². The molecule has 32 heavy (non-hydrogen) atoms. The fraction of sp³-hybridized carbons (Fsp3) is 0.0455. The molecule has 0 aliphatic carbocycles. The quantitative estimate of drug-likeness (QED) is 0.408. The molecule has 5 N–H and O–H groups in total. The highest BCUT2D eigenvalue weighted by atomic mass is 32.2. The number of benzene rings is 2. The van der Waals surface area contributed by atoms with Crippen molar-refractivity contribution in [3.05, 3.63) is 89.6 Å². The first-order chi connectivity index (χ1) is 15.2. The Bertz CT molecular complexity index is 1400. The van der Waals surface area contributed by atoms with Gasteiger partial charge in [0.25, 0.3) is 0 Å². The van der Waals surface area contributed by atoms with Gasteiger partial charge >= 0.3 is 5.97 Å². The molecule has 2 aromatic carbocycles. The number of hydrogen-bond acceptors (Lipinski definition) is 6. The molecule has 0 fully saturated rings. The summed E-state index contributed by atoms with van der Waals surface area (Å²) in [5.41, 5.74) is 9.25. The number of hydrogen-bond donors (Lipinski definition) is 3. The van der Waals surface area contributed by atoms with E-state index in [1.807, 2.05) is 30.3 Å². The number of nitrogens with two attached hydrogens (primary N) is 2. The van der Waals surface area contributed by atoms with Gasteiger partial charge in [-0.25, -0.2) is 23.3 Å². The lowest BCUT2D eigenvalue weighted by atomic mass is 10.0. The van der Waals surface area contributed by atoms with Gasteiger partial charge in [-0.2, -0.15) is 9.78 Å². The molecule has 0 aliphatic heterocycles. The SMILES string of the molecule is Nc1c(Cc2ccc(S(N)(=O)=O)cc2)c(-c2ccccc2)nn1-c1cccc(C(=O)O)n1. The van der Waals surface area contributed by atoms with Crippen LogP contribution in [-0.4, -0.2) is 34.3 Å². The largest absolute Gasteiger partial charge is 0.477 e. The van der Waals surface area contributed by atoms with Crippen LogP contribution in [-0.2, 0) is 16.4 Å². The molecule has 10 heteroatoms. The molecule has 0 saturated heterocycles. The summed E-state index contributed by atoms with van der Waals surface area (Å²) in [6.07, 6.45) is 0.361. The van der Waals surface area contributed by atoms with E-state index in [0.717, 1.165) is 11.1 Å². The van der Waals surface area contributed by atoms with Crippen molar-refractivity contribution >= 4 is 21.8 Å². The van der Waals surface area contributed by atoms with E-state index in [9.17, 15) is 18.3 Å². The minimum Gasteiger partial charge on any atom is -0.477 e. The van der Waals surface area contributed by atoms with Gasteiger partial charge in [0.15, 0.2) is 11.5 Å². The number of aromatic nitrogens is 3. The second-order valence-electron chi connectivity index (χ2n) is 7.04. The van der Waals surface area contributed by atoms with Gasteiger partial charge in [-0.3, -0.25) is 0 Å². The van der Waals surface area contributed by atoms with Crippen molar-refractivity contribution in [1.29, 1.82) is 0 Å². The van der Waals surface area contributed by atoms with Crippen LogP contribution < -0.4 is 10.9 Å². The summed E-state index contributed by atoms with van der Waals surface area (Å²) in [4.78, 5) is 15.5. The average molecular weight is 449 g/mol. The van der Waals surface area contributed by atoms with Crippen molar-refractivity contribution in [2.45, 2.75) is 11.3 Å². The van der Waals surface area contributed by atoms with E-state index >= 15 is 0 Å². The third-order valence-electron chi connectivity index (χ3n) is 4.87. The van der Waals surface area contributed by atoms with E-state index in [4.69, 9.17) is 10.9 Å². The first-order valence-corrected chi connectivity index (χ1v) is 11.0. The molecule has 0 spiro atoms. The lowest BCUT2D eigenvalue weighted by molar-refractivity contribution is 0.0690. The summed E-state index contributed by atoms with van der Waals surface area (Å²) < 4.78 is 24.5. The van der Waals surface area contributed by atoms with Crippen molar-refractivity contribution in [3.63, 3.8) is 0 Å². The van der Waals surface area contributed by atoms with Gasteiger partial charge in [0, 0.05) is 17.5 Å². The number of nitrogens with zero attached hydrogens (tertiary/aromatic N) is 3. The lowest BCUT2D eigenvalue weighted by Gasteiger charge is -2.07. The van der Waals surface area contributed by atoms with E-state index in [-0.39, 0.29) is 16.4 Å². The molecule has 0 atom stereocenters. The topological polar surface area (TPSA) is 154 Å². The summed E-state index contributed by atoms with van der Waals surface area (Å²) in [7, 11) is -3.79. The molecule has 0 bridgehead atoms. The molecule has 0 unspecified atom stereocenters. The Morgan fingerprint density at radius 2 is 1.66 bits per heavy atom. The summed E-state index contributed by atoms with van der Waals surface area (Å²) >= 11 is 0. The third-order valence-corrected chi connectivity index (χ3v) is 5.80. The van der Waals surface area contributed by atoms with Crippen molar-refractivity contribution in [2.75, 3.05) is 5.73 Å². The van der Waals surface area contributed by atoms with Gasteiger partial charge < -0.3 is 10.8 Å². The van der Waals surface area contributed by atoms with Crippen LogP contribution in [0.1, 0.15) is 21.6 Å². The molecule has 4 aromatic rings. The molecule has 2 heterocycles. The molecule has 4 rings (SSSR count). The van der Waals surface area contributed by atoms with Gasteiger partial charge in [0.05, 0.1) is 10.6 Å². The molecule has 0 aliphatic rings. The summed E-state index contributed by atoms with van der Waals surface area (Å²) in [5, 5.41) is 19.1. The fourth-order valence-electron chi connectivity index (χ4n) is 3.30.